The maximum absolute atomic E-state index is 11.6. The van der Waals surface area contributed by atoms with Gasteiger partial charge in [-0.25, -0.2) is 8.42 Å². The van der Waals surface area contributed by atoms with Gasteiger partial charge in [-0.2, -0.15) is 0 Å². The lowest BCUT2D eigenvalue weighted by Crippen LogP contribution is -2.32. The molecule has 3 aromatic rings. The summed E-state index contributed by atoms with van der Waals surface area (Å²) in [5.74, 6) is 0.610. The van der Waals surface area contributed by atoms with Gasteiger partial charge in [-0.05, 0) is 55.3 Å². The quantitative estimate of drug-likeness (QED) is 0.353. The fourth-order valence-corrected chi connectivity index (χ4v) is 3.75. The Morgan fingerprint density at radius 3 is 2.55 bits per heavy atom. The molecule has 1 heterocycles. The zero-order valence-corrected chi connectivity index (χ0v) is 18.3. The smallest absolute Gasteiger partial charge is 0.248 e. The second kappa shape index (κ2) is 9.95. The fourth-order valence-electron chi connectivity index (χ4n) is 3.19. The summed E-state index contributed by atoms with van der Waals surface area (Å²) in [5.41, 5.74) is 3.09. The van der Waals surface area contributed by atoms with Gasteiger partial charge in [0.2, 0.25) is 15.6 Å². The molecule has 31 heavy (non-hydrogen) atoms. The number of nitrogens with one attached hydrogen (secondary N) is 3. The molecule has 1 atom stereocenters. The number of hydrogen-bond acceptors (Lipinski definition) is 6. The highest BCUT2D eigenvalue weighted by molar-refractivity contribution is 7.92. The average Bonchev–Trinajstić information content (AvgIpc) is 2.71. The van der Waals surface area contributed by atoms with Gasteiger partial charge in [0, 0.05) is 23.7 Å². The first-order chi connectivity index (χ1) is 14.7. The van der Waals surface area contributed by atoms with Crippen LogP contribution < -0.4 is 20.3 Å². The topological polar surface area (TPSA) is 121 Å². The van der Waals surface area contributed by atoms with Crippen LogP contribution in [0.5, 0.6) is 5.75 Å². The average molecular weight is 446 g/mol. The monoisotopic (exact) mass is 445 g/mol. The third-order valence-corrected chi connectivity index (χ3v) is 5.33. The molecule has 0 saturated heterocycles. The van der Waals surface area contributed by atoms with Crippen LogP contribution in [0.25, 0.3) is 10.9 Å². The minimum atomic E-state index is -3.28. The zero-order valence-electron chi connectivity index (χ0n) is 17.5. The van der Waals surface area contributed by atoms with Gasteiger partial charge in [-0.15, -0.1) is 0 Å². The van der Waals surface area contributed by atoms with E-state index < -0.39 is 16.1 Å². The van der Waals surface area contributed by atoms with Crippen molar-refractivity contribution in [3.05, 3.63) is 70.0 Å². The molecule has 0 amide bonds. The van der Waals surface area contributed by atoms with E-state index in [1.165, 1.54) is 6.07 Å². The minimum Gasteiger partial charge on any atom is -0.490 e. The van der Waals surface area contributed by atoms with E-state index in [-0.39, 0.29) is 12.2 Å². The molecular weight excluding hydrogens is 418 g/mol. The third-order valence-electron chi connectivity index (χ3n) is 4.72. The summed E-state index contributed by atoms with van der Waals surface area (Å²) in [6.45, 7) is 3.06. The largest absolute Gasteiger partial charge is 0.490 e. The number of benzene rings is 2. The molecule has 166 valence electrons. The molecule has 0 aliphatic heterocycles. The molecule has 0 spiro atoms. The SMILES string of the molecule is Cc1ccc(OCC(O)CNCCc2ccc(NS(C)(=O)=O)cc2)c2ccc(=O)[nH]c12. The van der Waals surface area contributed by atoms with E-state index in [0.29, 0.717) is 24.5 Å². The molecule has 0 aliphatic carbocycles. The number of aromatic amines is 1. The predicted molar refractivity (Wildman–Crippen MR) is 122 cm³/mol. The Morgan fingerprint density at radius 2 is 1.84 bits per heavy atom. The van der Waals surface area contributed by atoms with E-state index in [1.54, 1.807) is 18.2 Å². The van der Waals surface area contributed by atoms with Crippen molar-refractivity contribution in [2.24, 2.45) is 0 Å². The molecular formula is C22H27N3O5S. The highest BCUT2D eigenvalue weighted by atomic mass is 32.2. The second-order valence-corrected chi connectivity index (χ2v) is 9.23. The van der Waals surface area contributed by atoms with Gasteiger partial charge in [-0.3, -0.25) is 9.52 Å². The number of H-pyrrole nitrogens is 1. The van der Waals surface area contributed by atoms with E-state index in [1.807, 2.05) is 31.2 Å². The van der Waals surface area contributed by atoms with E-state index >= 15 is 0 Å². The molecule has 2 aromatic carbocycles. The Labute approximate surface area is 181 Å². The first-order valence-corrected chi connectivity index (χ1v) is 11.8. The van der Waals surface area contributed by atoms with Crippen LogP contribution in [-0.4, -0.2) is 50.6 Å². The van der Waals surface area contributed by atoms with Crippen molar-refractivity contribution in [2.75, 3.05) is 30.7 Å². The van der Waals surface area contributed by atoms with Crippen molar-refractivity contribution >= 4 is 26.6 Å². The molecule has 9 heteroatoms. The zero-order chi connectivity index (χ0) is 22.4. The van der Waals surface area contributed by atoms with Gasteiger partial charge >= 0.3 is 0 Å². The van der Waals surface area contributed by atoms with E-state index in [4.69, 9.17) is 4.74 Å². The van der Waals surface area contributed by atoms with Crippen LogP contribution in [0.15, 0.2) is 53.3 Å². The van der Waals surface area contributed by atoms with Gasteiger partial charge in [0.15, 0.2) is 0 Å². The van der Waals surface area contributed by atoms with Crippen LogP contribution in [0.3, 0.4) is 0 Å². The predicted octanol–water partition coefficient (Wildman–Crippen LogP) is 1.78. The maximum Gasteiger partial charge on any atom is 0.248 e. The summed E-state index contributed by atoms with van der Waals surface area (Å²) in [6.07, 6.45) is 1.16. The lowest BCUT2D eigenvalue weighted by atomic mass is 10.1. The maximum atomic E-state index is 11.6. The summed E-state index contributed by atoms with van der Waals surface area (Å²) in [5, 5.41) is 14.2. The van der Waals surface area contributed by atoms with Crippen molar-refractivity contribution in [1.82, 2.24) is 10.3 Å². The number of hydrogen-bond donors (Lipinski definition) is 4. The van der Waals surface area contributed by atoms with Gasteiger partial charge in [0.05, 0.1) is 11.8 Å². The standard InChI is InChI=1S/C22H27N3O5S/c1-15-3-9-20(19-8-10-21(27)24-22(15)19)30-14-18(26)13-23-12-11-16-4-6-17(7-5-16)25-31(2,28)29/h3-10,18,23,25-26H,11-14H2,1-2H3,(H,24,27). The van der Waals surface area contributed by atoms with Crippen molar-refractivity contribution in [3.8, 4) is 5.75 Å². The van der Waals surface area contributed by atoms with Crippen molar-refractivity contribution < 1.29 is 18.3 Å². The molecule has 0 aliphatic rings. The molecule has 4 N–H and O–H groups in total. The summed E-state index contributed by atoms with van der Waals surface area (Å²) < 4.78 is 30.7. The number of fused-ring (bicyclic) bond motifs is 1. The van der Waals surface area contributed by atoms with Crippen LogP contribution in [0.2, 0.25) is 0 Å². The van der Waals surface area contributed by atoms with Crippen molar-refractivity contribution in [2.45, 2.75) is 19.4 Å². The fraction of sp³-hybridized carbons (Fsp3) is 0.318. The Balaban J connectivity index is 1.44. The molecule has 1 unspecified atom stereocenters. The molecule has 0 bridgehead atoms. The number of aliphatic hydroxyl groups is 1. The highest BCUT2D eigenvalue weighted by Crippen LogP contribution is 2.25. The second-order valence-electron chi connectivity index (χ2n) is 7.48. The Kier molecular flexibility index (Phi) is 7.32. The van der Waals surface area contributed by atoms with E-state index in [9.17, 15) is 18.3 Å². The van der Waals surface area contributed by atoms with Crippen LogP contribution in [0.4, 0.5) is 5.69 Å². The molecule has 0 radical (unpaired) electrons. The van der Waals surface area contributed by atoms with Crippen LogP contribution in [-0.2, 0) is 16.4 Å². The first kappa shape index (κ1) is 22.8. The number of pyridine rings is 1. The number of sulfonamides is 1. The van der Waals surface area contributed by atoms with Crippen LogP contribution >= 0.6 is 0 Å². The van der Waals surface area contributed by atoms with Gasteiger partial charge in [0.1, 0.15) is 18.5 Å². The van der Waals surface area contributed by atoms with Crippen molar-refractivity contribution in [3.63, 3.8) is 0 Å². The molecule has 8 nitrogen and oxygen atoms in total. The molecule has 3 rings (SSSR count). The van der Waals surface area contributed by atoms with Gasteiger partial charge in [-0.1, -0.05) is 18.2 Å². The summed E-state index contributed by atoms with van der Waals surface area (Å²) in [6, 6.07) is 14.0. The molecule has 0 saturated carbocycles. The minimum absolute atomic E-state index is 0.121. The van der Waals surface area contributed by atoms with E-state index in [2.05, 4.69) is 15.0 Å². The van der Waals surface area contributed by atoms with Crippen LogP contribution in [0.1, 0.15) is 11.1 Å². The number of anilines is 1. The Morgan fingerprint density at radius 1 is 1.10 bits per heavy atom. The number of ether oxygens (including phenoxy) is 1. The normalized spacial score (nSPS) is 12.6. The summed E-state index contributed by atoms with van der Waals surface area (Å²) >= 11 is 0. The number of rotatable bonds is 10. The number of aryl methyl sites for hydroxylation is 1. The Hall–Kier alpha value is -2.88. The highest BCUT2D eigenvalue weighted by Gasteiger charge is 2.09. The van der Waals surface area contributed by atoms with E-state index in [0.717, 1.165) is 34.7 Å². The third kappa shape index (κ3) is 6.81. The van der Waals surface area contributed by atoms with Gasteiger partial charge < -0.3 is 20.1 Å². The first-order valence-electron chi connectivity index (χ1n) is 9.92. The summed E-state index contributed by atoms with van der Waals surface area (Å²) in [4.78, 5) is 14.4. The summed E-state index contributed by atoms with van der Waals surface area (Å²) in [7, 11) is -3.28. The van der Waals surface area contributed by atoms with Gasteiger partial charge in [0.25, 0.3) is 0 Å². The van der Waals surface area contributed by atoms with Crippen molar-refractivity contribution in [1.29, 1.82) is 0 Å². The lowest BCUT2D eigenvalue weighted by molar-refractivity contribution is 0.107. The number of aromatic nitrogens is 1. The molecule has 0 fully saturated rings. The Bertz CT molecular complexity index is 1190. The lowest BCUT2D eigenvalue weighted by Gasteiger charge is -2.15. The molecule has 1 aromatic heterocycles. The van der Waals surface area contributed by atoms with Crippen LogP contribution in [0, 0.1) is 6.92 Å². The number of aliphatic hydroxyl groups excluding tert-OH is 1.